The van der Waals surface area contributed by atoms with E-state index in [-0.39, 0.29) is 29.7 Å². The SMILES string of the molecule is CC(C)(C)CC(=O)NC(Cc1ccc(-c2ccccn2)cc1)CC(O)C(Cc1ccccc1)NC(=O)C(N)C(C)(C)C. The molecule has 3 aromatic rings. The zero-order chi connectivity index (χ0) is 30.9. The number of amides is 2. The molecule has 7 nitrogen and oxygen atoms in total. The van der Waals surface area contributed by atoms with Gasteiger partial charge in [0, 0.05) is 24.2 Å². The minimum absolute atomic E-state index is 0.0665. The first-order chi connectivity index (χ1) is 19.7. The number of pyridine rings is 1. The third-order valence-electron chi connectivity index (χ3n) is 7.28. The van der Waals surface area contributed by atoms with E-state index in [1.807, 2.05) is 114 Å². The molecule has 1 heterocycles. The van der Waals surface area contributed by atoms with Crippen LogP contribution in [0.1, 0.15) is 65.5 Å². The van der Waals surface area contributed by atoms with E-state index in [0.717, 1.165) is 22.4 Å². The number of nitrogens with zero attached hydrogens (tertiary/aromatic N) is 1. The van der Waals surface area contributed by atoms with Crippen LogP contribution in [-0.2, 0) is 22.4 Å². The number of aromatic nitrogens is 1. The van der Waals surface area contributed by atoms with Crippen molar-refractivity contribution in [3.05, 3.63) is 90.1 Å². The molecule has 0 radical (unpaired) electrons. The van der Waals surface area contributed by atoms with Gasteiger partial charge in [-0.15, -0.1) is 0 Å². The van der Waals surface area contributed by atoms with Crippen molar-refractivity contribution in [2.24, 2.45) is 16.6 Å². The number of nitrogens with two attached hydrogens (primary N) is 1. The summed E-state index contributed by atoms with van der Waals surface area (Å²) < 4.78 is 0. The Labute approximate surface area is 251 Å². The summed E-state index contributed by atoms with van der Waals surface area (Å²) in [5.41, 5.74) is 9.57. The summed E-state index contributed by atoms with van der Waals surface area (Å²) in [6, 6.07) is 22.0. The summed E-state index contributed by atoms with van der Waals surface area (Å²) in [6.07, 6.45) is 2.44. The Morgan fingerprint density at radius 2 is 1.45 bits per heavy atom. The number of hydrogen-bond acceptors (Lipinski definition) is 5. The molecule has 0 saturated carbocycles. The Balaban J connectivity index is 1.82. The molecule has 0 aliphatic heterocycles. The summed E-state index contributed by atoms with van der Waals surface area (Å²) in [5, 5.41) is 17.8. The number of hydrogen-bond donors (Lipinski definition) is 4. The van der Waals surface area contributed by atoms with Crippen LogP contribution in [0.25, 0.3) is 11.3 Å². The van der Waals surface area contributed by atoms with E-state index in [1.165, 1.54) is 0 Å². The second kappa shape index (κ2) is 14.6. The van der Waals surface area contributed by atoms with Crippen molar-refractivity contribution in [3.8, 4) is 11.3 Å². The largest absolute Gasteiger partial charge is 0.391 e. The summed E-state index contributed by atoms with van der Waals surface area (Å²) in [4.78, 5) is 30.6. The van der Waals surface area contributed by atoms with Gasteiger partial charge >= 0.3 is 0 Å². The maximum Gasteiger partial charge on any atom is 0.237 e. The number of carbonyl (C=O) groups excluding carboxylic acids is 2. The van der Waals surface area contributed by atoms with Gasteiger partial charge in [0.15, 0.2) is 0 Å². The van der Waals surface area contributed by atoms with E-state index in [0.29, 0.717) is 19.3 Å². The van der Waals surface area contributed by atoms with E-state index in [4.69, 9.17) is 5.73 Å². The quantitative estimate of drug-likeness (QED) is 0.242. The van der Waals surface area contributed by atoms with Gasteiger partial charge < -0.3 is 21.5 Å². The summed E-state index contributed by atoms with van der Waals surface area (Å²) in [6.45, 7) is 11.8. The smallest absolute Gasteiger partial charge is 0.237 e. The molecule has 4 atom stereocenters. The topological polar surface area (TPSA) is 117 Å². The summed E-state index contributed by atoms with van der Waals surface area (Å²) >= 11 is 0. The molecule has 0 spiro atoms. The third-order valence-corrected chi connectivity index (χ3v) is 7.28. The highest BCUT2D eigenvalue weighted by Crippen LogP contribution is 2.22. The van der Waals surface area contributed by atoms with Crippen LogP contribution in [0, 0.1) is 10.8 Å². The van der Waals surface area contributed by atoms with Crippen molar-refractivity contribution in [2.75, 3.05) is 0 Å². The molecule has 0 aliphatic carbocycles. The molecular weight excluding hydrogens is 524 g/mol. The Kier molecular flexibility index (Phi) is 11.4. The Morgan fingerprint density at radius 1 is 0.833 bits per heavy atom. The maximum absolute atomic E-state index is 13.1. The van der Waals surface area contributed by atoms with Crippen LogP contribution < -0.4 is 16.4 Å². The van der Waals surface area contributed by atoms with Crippen molar-refractivity contribution >= 4 is 11.8 Å². The lowest BCUT2D eigenvalue weighted by molar-refractivity contribution is -0.127. The lowest BCUT2D eigenvalue weighted by atomic mass is 9.86. The van der Waals surface area contributed by atoms with Crippen molar-refractivity contribution in [2.45, 2.75) is 91.5 Å². The molecule has 7 heteroatoms. The Bertz CT molecular complexity index is 1270. The number of rotatable bonds is 12. The van der Waals surface area contributed by atoms with Gasteiger partial charge in [0.05, 0.1) is 23.9 Å². The molecule has 42 heavy (non-hydrogen) atoms. The monoisotopic (exact) mass is 572 g/mol. The second-order valence-corrected chi connectivity index (χ2v) is 13.6. The predicted octanol–water partition coefficient (Wildman–Crippen LogP) is 5.06. The minimum atomic E-state index is -0.922. The zero-order valence-electron chi connectivity index (χ0n) is 25.9. The Hall–Kier alpha value is -3.55. The van der Waals surface area contributed by atoms with Crippen LogP contribution >= 0.6 is 0 Å². The number of aliphatic hydroxyl groups excluding tert-OH is 1. The molecule has 226 valence electrons. The fourth-order valence-corrected chi connectivity index (χ4v) is 4.86. The van der Waals surface area contributed by atoms with Gasteiger partial charge in [0.25, 0.3) is 0 Å². The van der Waals surface area contributed by atoms with Crippen molar-refractivity contribution in [3.63, 3.8) is 0 Å². The highest BCUT2D eigenvalue weighted by atomic mass is 16.3. The van der Waals surface area contributed by atoms with E-state index in [9.17, 15) is 14.7 Å². The second-order valence-electron chi connectivity index (χ2n) is 13.6. The van der Waals surface area contributed by atoms with Gasteiger partial charge in [0.2, 0.25) is 11.8 Å². The van der Waals surface area contributed by atoms with Crippen LogP contribution in [0.5, 0.6) is 0 Å². The standard InChI is InChI=1S/C35H48N4O3/c1-34(2,3)23-31(41)38-27(20-25-15-17-26(18-16-25)28-14-10-11-19-37-28)22-30(40)29(21-24-12-8-7-9-13-24)39-33(42)32(36)35(4,5)6/h7-19,27,29-30,32,40H,20-23,36H2,1-6H3,(H,38,41)(H,39,42). The summed E-state index contributed by atoms with van der Waals surface area (Å²) in [5.74, 6) is -0.371. The molecule has 0 saturated heterocycles. The molecular formula is C35H48N4O3. The van der Waals surface area contributed by atoms with Gasteiger partial charge in [-0.25, -0.2) is 0 Å². The zero-order valence-corrected chi connectivity index (χ0v) is 25.9. The van der Waals surface area contributed by atoms with Crippen LogP contribution in [0.3, 0.4) is 0 Å². The molecule has 0 aliphatic rings. The number of nitrogens with one attached hydrogen (secondary N) is 2. The highest BCUT2D eigenvalue weighted by molar-refractivity contribution is 5.82. The van der Waals surface area contributed by atoms with Crippen LogP contribution in [0.15, 0.2) is 79.0 Å². The van der Waals surface area contributed by atoms with Crippen LogP contribution in [-0.4, -0.2) is 46.1 Å². The maximum atomic E-state index is 13.1. The normalized spacial score (nSPS) is 14.9. The molecule has 0 fully saturated rings. The first kappa shape index (κ1) is 33.0. The van der Waals surface area contributed by atoms with Crippen molar-refractivity contribution < 1.29 is 14.7 Å². The predicted molar refractivity (Wildman–Crippen MR) is 170 cm³/mol. The molecule has 5 N–H and O–H groups in total. The van der Waals surface area contributed by atoms with Gasteiger partial charge in [-0.05, 0) is 53.4 Å². The molecule has 1 aromatic heterocycles. The van der Waals surface area contributed by atoms with E-state index >= 15 is 0 Å². The minimum Gasteiger partial charge on any atom is -0.391 e. The fraction of sp³-hybridized carbons (Fsp3) is 0.457. The fourth-order valence-electron chi connectivity index (χ4n) is 4.86. The van der Waals surface area contributed by atoms with Crippen LogP contribution in [0.2, 0.25) is 0 Å². The molecule has 0 bridgehead atoms. The lowest BCUT2D eigenvalue weighted by Gasteiger charge is -2.32. The molecule has 4 unspecified atom stereocenters. The Morgan fingerprint density at radius 3 is 2.02 bits per heavy atom. The molecule has 2 amide bonds. The van der Waals surface area contributed by atoms with Crippen molar-refractivity contribution in [1.82, 2.24) is 15.6 Å². The highest BCUT2D eigenvalue weighted by Gasteiger charge is 2.32. The van der Waals surface area contributed by atoms with Gasteiger partial charge in [-0.1, -0.05) is 102 Å². The van der Waals surface area contributed by atoms with Gasteiger partial charge in [0.1, 0.15) is 0 Å². The van der Waals surface area contributed by atoms with E-state index < -0.39 is 23.6 Å². The van der Waals surface area contributed by atoms with Gasteiger partial charge in [-0.2, -0.15) is 0 Å². The average Bonchev–Trinajstić information content (AvgIpc) is 2.92. The number of aliphatic hydroxyl groups is 1. The van der Waals surface area contributed by atoms with Crippen molar-refractivity contribution in [1.29, 1.82) is 0 Å². The average molecular weight is 573 g/mol. The number of benzene rings is 2. The number of carbonyl (C=O) groups is 2. The first-order valence-electron chi connectivity index (χ1n) is 14.8. The summed E-state index contributed by atoms with van der Waals surface area (Å²) in [7, 11) is 0. The first-order valence-corrected chi connectivity index (χ1v) is 14.8. The molecule has 3 rings (SSSR count). The molecule has 2 aromatic carbocycles. The lowest BCUT2D eigenvalue weighted by Crippen LogP contribution is -2.55. The third kappa shape index (κ3) is 10.7. The van der Waals surface area contributed by atoms with Gasteiger partial charge in [-0.3, -0.25) is 14.6 Å². The van der Waals surface area contributed by atoms with E-state index in [1.54, 1.807) is 6.20 Å². The van der Waals surface area contributed by atoms with E-state index in [2.05, 4.69) is 15.6 Å². The van der Waals surface area contributed by atoms with Crippen LogP contribution in [0.4, 0.5) is 0 Å².